The molecule has 1 fully saturated rings. The maximum Gasteiger partial charge on any atom is 0.276 e. The minimum atomic E-state index is -0.132. The molecule has 0 spiro atoms. The van der Waals surface area contributed by atoms with Crippen molar-refractivity contribution in [3.8, 4) is 11.3 Å². The topological polar surface area (TPSA) is 62.9 Å². The summed E-state index contributed by atoms with van der Waals surface area (Å²) in [6.45, 7) is 9.80. The van der Waals surface area contributed by atoms with Gasteiger partial charge in [0.2, 0.25) is 5.91 Å². The quantitative estimate of drug-likeness (QED) is 0.410. The summed E-state index contributed by atoms with van der Waals surface area (Å²) in [5.74, 6) is 0.553. The van der Waals surface area contributed by atoms with Crippen molar-refractivity contribution in [1.82, 2.24) is 19.1 Å². The Morgan fingerprint density at radius 1 is 0.944 bits per heavy atom. The number of hydrogen-bond donors (Lipinski definition) is 0. The number of aromatic nitrogens is 3. The van der Waals surface area contributed by atoms with E-state index < -0.39 is 0 Å². The lowest BCUT2D eigenvalue weighted by Crippen LogP contribution is -2.49. The third-order valence-electron chi connectivity index (χ3n) is 7.07. The van der Waals surface area contributed by atoms with E-state index in [2.05, 4.69) is 67.2 Å². The third kappa shape index (κ3) is 4.91. The molecule has 0 atom stereocenters. The minimum Gasteiger partial charge on any atom is -0.368 e. The third-order valence-corrected chi connectivity index (χ3v) is 7.07. The first-order valence-electron chi connectivity index (χ1n) is 12.7. The lowest BCUT2D eigenvalue weighted by Gasteiger charge is -2.36. The molecule has 0 bridgehead atoms. The van der Waals surface area contributed by atoms with E-state index in [4.69, 9.17) is 0 Å². The number of benzene rings is 2. The molecule has 5 rings (SSSR count). The minimum absolute atomic E-state index is 0.0877. The highest BCUT2D eigenvalue weighted by Crippen LogP contribution is 2.22. The van der Waals surface area contributed by atoms with Crippen LogP contribution in [0, 0.1) is 6.92 Å². The zero-order chi connectivity index (χ0) is 25.2. The summed E-state index contributed by atoms with van der Waals surface area (Å²) in [6.07, 6.45) is 3.81. The van der Waals surface area contributed by atoms with Gasteiger partial charge in [0, 0.05) is 62.8 Å². The maximum absolute atomic E-state index is 13.1. The van der Waals surface area contributed by atoms with E-state index in [0.717, 1.165) is 24.3 Å². The molecule has 1 saturated heterocycles. The molecule has 2 aromatic carbocycles. The number of fused-ring (bicyclic) bond motifs is 1. The van der Waals surface area contributed by atoms with Gasteiger partial charge in [-0.25, -0.2) is 4.52 Å². The van der Waals surface area contributed by atoms with Crippen molar-refractivity contribution >= 4 is 17.1 Å². The standard InChI is InChI=1S/C29H33N5O2/c1-21(2)23-6-8-24(9-7-23)26-20-27-29(36)33(18-19-34(27)30-26)13-12-28(35)32-16-14-31(15-17-32)25-10-4-22(3)5-11-25/h4-11,18-21H,12-17H2,1-3H3. The highest BCUT2D eigenvalue weighted by molar-refractivity contribution is 5.76. The Hall–Kier alpha value is -3.87. The predicted molar refractivity (Wildman–Crippen MR) is 144 cm³/mol. The smallest absolute Gasteiger partial charge is 0.276 e. The van der Waals surface area contributed by atoms with Crippen LogP contribution in [0.5, 0.6) is 0 Å². The highest BCUT2D eigenvalue weighted by atomic mass is 16.2. The van der Waals surface area contributed by atoms with Gasteiger partial charge in [0.1, 0.15) is 5.52 Å². The van der Waals surface area contributed by atoms with E-state index in [1.165, 1.54) is 16.8 Å². The lowest BCUT2D eigenvalue weighted by atomic mass is 10.0. The number of anilines is 1. The summed E-state index contributed by atoms with van der Waals surface area (Å²) in [7, 11) is 0. The molecule has 0 aliphatic carbocycles. The molecule has 4 aromatic rings. The van der Waals surface area contributed by atoms with Crippen LogP contribution < -0.4 is 10.5 Å². The average molecular weight is 484 g/mol. The maximum atomic E-state index is 13.1. The van der Waals surface area contributed by atoms with Gasteiger partial charge >= 0.3 is 0 Å². The fourth-order valence-electron chi connectivity index (χ4n) is 4.73. The number of carbonyl (C=O) groups is 1. The first kappa shape index (κ1) is 23.9. The molecule has 1 amide bonds. The monoisotopic (exact) mass is 483 g/mol. The van der Waals surface area contributed by atoms with Crippen molar-refractivity contribution in [2.24, 2.45) is 0 Å². The molecule has 7 nitrogen and oxygen atoms in total. The van der Waals surface area contributed by atoms with Gasteiger partial charge < -0.3 is 14.4 Å². The Morgan fingerprint density at radius 2 is 1.64 bits per heavy atom. The number of nitrogens with zero attached hydrogens (tertiary/aromatic N) is 5. The van der Waals surface area contributed by atoms with Crippen LogP contribution in [-0.4, -0.2) is 51.2 Å². The molecule has 0 N–H and O–H groups in total. The number of amides is 1. The molecule has 0 saturated carbocycles. The van der Waals surface area contributed by atoms with Crippen molar-refractivity contribution in [2.45, 2.75) is 39.7 Å². The van der Waals surface area contributed by atoms with Gasteiger partial charge in [-0.2, -0.15) is 5.10 Å². The van der Waals surface area contributed by atoms with Crippen LogP contribution in [0.1, 0.15) is 37.3 Å². The van der Waals surface area contributed by atoms with E-state index in [-0.39, 0.29) is 11.5 Å². The normalized spacial score (nSPS) is 14.1. The van der Waals surface area contributed by atoms with Crippen molar-refractivity contribution in [3.05, 3.63) is 88.5 Å². The molecule has 0 unspecified atom stereocenters. The molecular weight excluding hydrogens is 450 g/mol. The molecule has 1 aliphatic rings. The van der Waals surface area contributed by atoms with Crippen LogP contribution in [0.25, 0.3) is 16.8 Å². The molecule has 7 heteroatoms. The number of aryl methyl sites for hydroxylation is 2. The predicted octanol–water partition coefficient (Wildman–Crippen LogP) is 4.33. The summed E-state index contributed by atoms with van der Waals surface area (Å²) in [5, 5.41) is 4.59. The Labute approximate surface area is 211 Å². The second-order valence-corrected chi connectivity index (χ2v) is 9.89. The van der Waals surface area contributed by atoms with Gasteiger partial charge in [-0.1, -0.05) is 55.8 Å². The Balaban J connectivity index is 1.22. The molecular formula is C29H33N5O2. The Morgan fingerprint density at radius 3 is 2.31 bits per heavy atom. The van der Waals surface area contributed by atoms with E-state index in [0.29, 0.717) is 37.5 Å². The van der Waals surface area contributed by atoms with Crippen LogP contribution in [0.3, 0.4) is 0 Å². The SMILES string of the molecule is Cc1ccc(N2CCN(C(=O)CCn3ccn4nc(-c5ccc(C(C)C)cc5)cc4c3=O)CC2)cc1. The van der Waals surface area contributed by atoms with E-state index in [1.54, 1.807) is 21.5 Å². The van der Waals surface area contributed by atoms with Gasteiger partial charge in [0.05, 0.1) is 5.69 Å². The van der Waals surface area contributed by atoms with E-state index >= 15 is 0 Å². The van der Waals surface area contributed by atoms with Gasteiger partial charge in [0.15, 0.2) is 0 Å². The van der Waals surface area contributed by atoms with E-state index in [9.17, 15) is 9.59 Å². The molecule has 36 heavy (non-hydrogen) atoms. The number of carbonyl (C=O) groups excluding carboxylic acids is 1. The summed E-state index contributed by atoms with van der Waals surface area (Å²) in [4.78, 5) is 30.2. The zero-order valence-electron chi connectivity index (χ0n) is 21.2. The first-order valence-corrected chi connectivity index (χ1v) is 12.7. The molecule has 2 aromatic heterocycles. The molecule has 186 valence electrons. The van der Waals surface area contributed by atoms with Crippen LogP contribution in [0.15, 0.2) is 71.8 Å². The lowest BCUT2D eigenvalue weighted by molar-refractivity contribution is -0.131. The van der Waals surface area contributed by atoms with Crippen molar-refractivity contribution in [3.63, 3.8) is 0 Å². The van der Waals surface area contributed by atoms with Crippen LogP contribution >= 0.6 is 0 Å². The first-order chi connectivity index (χ1) is 17.4. The number of rotatable bonds is 6. The second kappa shape index (κ2) is 10.0. The zero-order valence-corrected chi connectivity index (χ0v) is 21.2. The molecule has 1 aliphatic heterocycles. The number of piperazine rings is 1. The average Bonchev–Trinajstić information content (AvgIpc) is 3.34. The van der Waals surface area contributed by atoms with Crippen molar-refractivity contribution in [1.29, 1.82) is 0 Å². The number of hydrogen-bond acceptors (Lipinski definition) is 4. The Bertz CT molecular complexity index is 1410. The van der Waals surface area contributed by atoms with Gasteiger partial charge in [-0.15, -0.1) is 0 Å². The van der Waals surface area contributed by atoms with Gasteiger partial charge in [-0.05, 0) is 36.6 Å². The Kier molecular flexibility index (Phi) is 6.63. The van der Waals surface area contributed by atoms with Crippen LogP contribution in [-0.2, 0) is 11.3 Å². The van der Waals surface area contributed by atoms with Gasteiger partial charge in [0.25, 0.3) is 5.56 Å². The van der Waals surface area contributed by atoms with Crippen molar-refractivity contribution < 1.29 is 4.79 Å². The molecule has 3 heterocycles. The second-order valence-electron chi connectivity index (χ2n) is 9.89. The van der Waals surface area contributed by atoms with E-state index in [1.807, 2.05) is 23.1 Å². The molecule has 0 radical (unpaired) electrons. The fraction of sp³-hybridized carbons (Fsp3) is 0.345. The summed E-state index contributed by atoms with van der Waals surface area (Å²) in [5.41, 5.74) is 5.84. The summed E-state index contributed by atoms with van der Waals surface area (Å²) >= 11 is 0. The highest BCUT2D eigenvalue weighted by Gasteiger charge is 2.21. The summed E-state index contributed by atoms with van der Waals surface area (Å²) < 4.78 is 3.24. The largest absolute Gasteiger partial charge is 0.368 e. The van der Waals surface area contributed by atoms with Crippen LogP contribution in [0.2, 0.25) is 0 Å². The van der Waals surface area contributed by atoms with Crippen LogP contribution in [0.4, 0.5) is 5.69 Å². The van der Waals surface area contributed by atoms with Gasteiger partial charge in [-0.3, -0.25) is 9.59 Å². The fourth-order valence-corrected chi connectivity index (χ4v) is 4.73. The van der Waals surface area contributed by atoms with Crippen molar-refractivity contribution in [2.75, 3.05) is 31.1 Å². The summed E-state index contributed by atoms with van der Waals surface area (Å²) in [6, 6.07) is 18.6.